The smallest absolute Gasteiger partial charge is 0.325 e. The first kappa shape index (κ1) is 53.0. The minimum atomic E-state index is -0.660. The molecule has 3 aromatic carbocycles. The largest absolute Gasteiger partial charge is 0.468 e. The van der Waals surface area contributed by atoms with Crippen LogP contribution >= 0.6 is 0 Å². The number of benzene rings is 3. The van der Waals surface area contributed by atoms with Crippen LogP contribution in [0.4, 0.5) is 21.7 Å². The summed E-state index contributed by atoms with van der Waals surface area (Å²) in [5, 5.41) is 20.8. The van der Waals surface area contributed by atoms with Gasteiger partial charge in [0.2, 0.25) is 29.5 Å². The summed E-state index contributed by atoms with van der Waals surface area (Å²) in [6.45, 7) is 6.13. The number of nitrogens with zero attached hydrogens (tertiary/aromatic N) is 8. The average Bonchev–Trinajstić information content (AvgIpc) is 4.01. The van der Waals surface area contributed by atoms with E-state index in [0.717, 1.165) is 54.7 Å². The molecule has 5 amide bonds. The molecular weight excluding hydrogens is 966 g/mol. The van der Waals surface area contributed by atoms with Crippen molar-refractivity contribution in [1.82, 2.24) is 50.4 Å². The van der Waals surface area contributed by atoms with Gasteiger partial charge >= 0.3 is 5.97 Å². The molecule has 0 unspecified atom stereocenters. The number of piperidine rings is 2. The quantitative estimate of drug-likeness (QED) is 0.0494. The molecule has 22 heteroatoms. The van der Waals surface area contributed by atoms with Crippen LogP contribution in [0.25, 0.3) is 32.9 Å². The minimum Gasteiger partial charge on any atom is -0.468 e. The van der Waals surface area contributed by atoms with Crippen LogP contribution in [-0.4, -0.2) is 129 Å². The molecule has 2 saturated heterocycles. The Hall–Kier alpha value is -8.30. The van der Waals surface area contributed by atoms with Crippen LogP contribution in [-0.2, 0) is 35.3 Å². The summed E-state index contributed by atoms with van der Waals surface area (Å²) >= 11 is 0. The van der Waals surface area contributed by atoms with Crippen LogP contribution in [0.3, 0.4) is 0 Å². The van der Waals surface area contributed by atoms with Gasteiger partial charge in [-0.05, 0) is 91.8 Å². The number of methoxy groups -OCH3 is 1. The van der Waals surface area contributed by atoms with Crippen molar-refractivity contribution in [3.05, 3.63) is 89.8 Å². The molecule has 2 aliphatic rings. The lowest BCUT2D eigenvalue weighted by Crippen LogP contribution is -2.40. The van der Waals surface area contributed by atoms with E-state index >= 15 is 4.39 Å². The molecule has 3 aromatic heterocycles. The number of amides is 5. The number of likely N-dealkylation sites (tertiary alicyclic amines) is 1. The first-order chi connectivity index (χ1) is 36.2. The van der Waals surface area contributed by atoms with E-state index in [1.54, 1.807) is 24.4 Å². The van der Waals surface area contributed by atoms with Gasteiger partial charge in [-0.1, -0.05) is 38.1 Å². The van der Waals surface area contributed by atoms with Gasteiger partial charge in [-0.2, -0.15) is 10.2 Å². The van der Waals surface area contributed by atoms with Gasteiger partial charge < -0.3 is 41.5 Å². The molecule has 0 radical (unpaired) electrons. The number of carbonyl (C=O) groups is 7. The molecular formula is C53H62FN13O8. The van der Waals surface area contributed by atoms with Crippen LogP contribution in [0.5, 0.6) is 0 Å². The summed E-state index contributed by atoms with van der Waals surface area (Å²) in [6.07, 6.45) is 8.34. The molecule has 0 aliphatic carbocycles. The Balaban J connectivity index is 0.798. The number of hydrogen-bond donors (Lipinski definition) is 5. The fourth-order valence-corrected chi connectivity index (χ4v) is 9.54. The first-order valence-corrected chi connectivity index (χ1v) is 25.3. The number of hydrogen-bond acceptors (Lipinski definition) is 14. The zero-order valence-corrected chi connectivity index (χ0v) is 42.3. The van der Waals surface area contributed by atoms with Crippen molar-refractivity contribution in [3.8, 4) is 11.1 Å². The maximum absolute atomic E-state index is 16.0. The zero-order valence-electron chi connectivity index (χ0n) is 42.3. The van der Waals surface area contributed by atoms with E-state index < -0.39 is 35.4 Å². The van der Waals surface area contributed by atoms with Crippen molar-refractivity contribution in [2.45, 2.75) is 90.0 Å². The summed E-state index contributed by atoms with van der Waals surface area (Å²) in [7, 11) is 1.19. The standard InChI is InChI=1S/C53H62FN13O8/c1-32(2)50-49-37(9-7-10-40(49)66(63-50)31-45(70)57-29-44(69)58-30-48(73)75-3)38-26-41-35(25-39(38)54)27-60-67(41)47(72)17-16-43(68)56-20-8-11-46(71)65-23-18-34(19-24-65)33-12-14-36(15-13-33)61-53-51(52(55)74)59-28-42(62-53)64-21-5-4-6-22-64/h7,9-10,12-15,25-28,32,34H,4-6,8,11,16-24,29-31H2,1-3H3,(H2,55,74)(H,56,68)(H,57,70)(H,58,69)(H,61,62). The van der Waals surface area contributed by atoms with Gasteiger partial charge in [-0.3, -0.25) is 38.2 Å². The Morgan fingerprint density at radius 3 is 2.27 bits per heavy atom. The van der Waals surface area contributed by atoms with Crippen molar-refractivity contribution in [2.75, 3.05) is 63.1 Å². The van der Waals surface area contributed by atoms with Gasteiger partial charge in [0, 0.05) is 74.0 Å². The maximum atomic E-state index is 16.0. The molecule has 21 nitrogen and oxygen atoms in total. The number of anilines is 3. The Bertz CT molecular complexity index is 3100. The molecule has 0 bridgehead atoms. The predicted octanol–water partition coefficient (Wildman–Crippen LogP) is 5.07. The van der Waals surface area contributed by atoms with Gasteiger partial charge in [0.05, 0.1) is 42.8 Å². The number of esters is 1. The third-order valence-corrected chi connectivity index (χ3v) is 13.6. The lowest BCUT2D eigenvalue weighted by molar-refractivity contribution is -0.141. The van der Waals surface area contributed by atoms with Gasteiger partial charge in [0.15, 0.2) is 11.5 Å². The second-order valence-corrected chi connectivity index (χ2v) is 19.1. The van der Waals surface area contributed by atoms with Gasteiger partial charge in [-0.15, -0.1) is 0 Å². The van der Waals surface area contributed by atoms with Gasteiger partial charge in [0.1, 0.15) is 24.7 Å². The summed E-state index contributed by atoms with van der Waals surface area (Å²) in [5.41, 5.74) is 9.74. The molecule has 2 aliphatic heterocycles. The normalized spacial score (nSPS) is 14.0. The number of rotatable bonds is 20. The highest BCUT2D eigenvalue weighted by Gasteiger charge is 2.26. The monoisotopic (exact) mass is 1030 g/mol. The first-order valence-electron chi connectivity index (χ1n) is 25.3. The second-order valence-electron chi connectivity index (χ2n) is 19.1. The van der Waals surface area contributed by atoms with Crippen LogP contribution in [0.1, 0.15) is 110 Å². The van der Waals surface area contributed by atoms with Crippen molar-refractivity contribution in [3.63, 3.8) is 0 Å². The van der Waals surface area contributed by atoms with Crippen LogP contribution < -0.4 is 31.9 Å². The highest BCUT2D eigenvalue weighted by molar-refractivity contribution is 6.01. The molecule has 6 N–H and O–H groups in total. The fraction of sp³-hybridized carbons (Fsp3) is 0.415. The number of fused-ring (bicyclic) bond motifs is 2. The molecule has 2 fully saturated rings. The van der Waals surface area contributed by atoms with Crippen LogP contribution in [0.2, 0.25) is 0 Å². The summed E-state index contributed by atoms with van der Waals surface area (Å²) < 4.78 is 23.1. The molecule has 0 saturated carbocycles. The van der Waals surface area contributed by atoms with E-state index in [9.17, 15) is 33.6 Å². The van der Waals surface area contributed by atoms with E-state index in [0.29, 0.717) is 64.2 Å². The Labute approximate surface area is 432 Å². The fourth-order valence-electron chi connectivity index (χ4n) is 9.54. The number of ether oxygens (including phenoxy) is 1. The molecule has 6 aromatic rings. The van der Waals surface area contributed by atoms with Crippen molar-refractivity contribution >= 4 is 80.5 Å². The Morgan fingerprint density at radius 2 is 1.55 bits per heavy atom. The predicted molar refractivity (Wildman–Crippen MR) is 278 cm³/mol. The van der Waals surface area contributed by atoms with E-state index in [1.807, 2.05) is 43.0 Å². The van der Waals surface area contributed by atoms with Gasteiger partial charge in [-0.25, -0.2) is 19.0 Å². The molecule has 0 spiro atoms. The SMILES string of the molecule is COC(=O)CNC(=O)CNC(=O)Cn1nc(C(C)C)c2c(-c3cc4c(cnn4C(=O)CCC(=O)NCCCC(=O)N4CCC(c5ccc(Nc6nc(N7CCCCC7)cnc6C(N)=O)cc5)CC4)cc3F)cccc21. The van der Waals surface area contributed by atoms with Crippen molar-refractivity contribution in [1.29, 1.82) is 0 Å². The van der Waals surface area contributed by atoms with E-state index in [4.69, 9.17) is 15.8 Å². The molecule has 75 heavy (non-hydrogen) atoms. The number of nitrogens with two attached hydrogens (primary N) is 1. The third-order valence-electron chi connectivity index (χ3n) is 13.6. The number of nitrogens with one attached hydrogen (secondary N) is 4. The van der Waals surface area contributed by atoms with Crippen molar-refractivity contribution in [2.24, 2.45) is 5.73 Å². The third kappa shape index (κ3) is 12.9. The minimum absolute atomic E-state index is 0.0170. The second kappa shape index (κ2) is 24.2. The Morgan fingerprint density at radius 1 is 0.800 bits per heavy atom. The molecule has 394 valence electrons. The lowest BCUT2D eigenvalue weighted by atomic mass is 9.89. The summed E-state index contributed by atoms with van der Waals surface area (Å²) in [4.78, 5) is 101. The molecule has 5 heterocycles. The number of carbonyl (C=O) groups excluding carboxylic acids is 7. The van der Waals surface area contributed by atoms with E-state index in [2.05, 4.69) is 41.0 Å². The van der Waals surface area contributed by atoms with Crippen LogP contribution in [0.15, 0.2) is 67.0 Å². The molecule has 8 rings (SSSR count). The summed E-state index contributed by atoms with van der Waals surface area (Å²) in [6, 6.07) is 16.0. The number of halogens is 1. The van der Waals surface area contributed by atoms with Crippen LogP contribution in [0, 0.1) is 5.82 Å². The molecule has 0 atom stereocenters. The Kier molecular flexibility index (Phi) is 17.1. The van der Waals surface area contributed by atoms with E-state index in [1.165, 1.54) is 36.5 Å². The maximum Gasteiger partial charge on any atom is 0.325 e. The van der Waals surface area contributed by atoms with Crippen molar-refractivity contribution < 1.29 is 42.7 Å². The highest BCUT2D eigenvalue weighted by Crippen LogP contribution is 2.37. The van der Waals surface area contributed by atoms with E-state index in [-0.39, 0.29) is 80.3 Å². The lowest BCUT2D eigenvalue weighted by Gasteiger charge is -2.32. The number of primary amides is 1. The zero-order chi connectivity index (χ0) is 53.2. The van der Waals surface area contributed by atoms with Gasteiger partial charge in [0.25, 0.3) is 5.91 Å². The highest BCUT2D eigenvalue weighted by atomic mass is 19.1. The average molecular weight is 1030 g/mol. The summed E-state index contributed by atoms with van der Waals surface area (Å²) in [5.74, 6) is -2.61. The topological polar surface area (TPSA) is 271 Å². The number of aromatic nitrogens is 6.